The first-order valence-corrected chi connectivity index (χ1v) is 16.1. The smallest absolute Gasteiger partial charge is 0.253 e. The lowest BCUT2D eigenvalue weighted by Gasteiger charge is -2.32. The molecule has 0 spiro atoms. The van der Waals surface area contributed by atoms with Crippen LogP contribution >= 0.6 is 11.6 Å². The second kappa shape index (κ2) is 13.3. The van der Waals surface area contributed by atoms with E-state index in [1.165, 1.54) is 46.3 Å². The lowest BCUT2D eigenvalue weighted by molar-refractivity contribution is 0.0690. The third kappa shape index (κ3) is 7.44. The molecule has 1 amide bonds. The zero-order valence-corrected chi connectivity index (χ0v) is 25.5. The molecule has 9 heteroatoms. The third-order valence-corrected chi connectivity index (χ3v) is 9.97. The number of likely N-dealkylation sites (tertiary alicyclic amines) is 1. The molecule has 0 unspecified atom stereocenters. The molecule has 1 heterocycles. The lowest BCUT2D eigenvalue weighted by Crippen LogP contribution is -2.38. The maximum absolute atomic E-state index is 13.8. The number of rotatable bonds is 9. The van der Waals surface area contributed by atoms with Crippen molar-refractivity contribution < 1.29 is 22.7 Å². The van der Waals surface area contributed by atoms with Gasteiger partial charge in [0.05, 0.1) is 0 Å². The zero-order valence-electron chi connectivity index (χ0n) is 23.9. The molecule has 1 aliphatic heterocycles. The van der Waals surface area contributed by atoms with Crippen LogP contribution in [0.2, 0.25) is 5.02 Å². The van der Waals surface area contributed by atoms with Crippen LogP contribution in [0.4, 0.5) is 4.39 Å². The highest BCUT2D eigenvalue weighted by atomic mass is 35.5. The molecule has 6 nitrogen and oxygen atoms in total. The van der Waals surface area contributed by atoms with E-state index < -0.39 is 15.8 Å². The van der Waals surface area contributed by atoms with Crippen LogP contribution in [0.1, 0.15) is 45.5 Å². The molecule has 0 atom stereocenters. The molecule has 0 radical (unpaired) electrons. The number of phenolic OH excluding ortho intramolecular Hbond substituents is 1. The molecule has 0 aliphatic carbocycles. The van der Waals surface area contributed by atoms with E-state index in [9.17, 15) is 22.7 Å². The molecule has 1 aliphatic rings. The van der Waals surface area contributed by atoms with Crippen LogP contribution < -0.4 is 0 Å². The first kappa shape index (κ1) is 30.7. The largest absolute Gasteiger partial charge is 0.506 e. The molecule has 4 aromatic rings. The van der Waals surface area contributed by atoms with E-state index >= 15 is 0 Å². The summed E-state index contributed by atoms with van der Waals surface area (Å²) in [5.74, 6) is -0.297. The van der Waals surface area contributed by atoms with Gasteiger partial charge < -0.3 is 10.0 Å². The number of hydrogen-bond acceptors (Lipinski definition) is 4. The van der Waals surface area contributed by atoms with Gasteiger partial charge in [0.25, 0.3) is 5.91 Å². The average Bonchev–Trinajstić information content (AvgIpc) is 3.00. The summed E-state index contributed by atoms with van der Waals surface area (Å²) in [6, 6.07) is 25.6. The summed E-state index contributed by atoms with van der Waals surface area (Å²) in [7, 11) is -4.22. The van der Waals surface area contributed by atoms with E-state index in [1.807, 2.05) is 11.0 Å². The molecule has 0 aromatic heterocycles. The summed E-state index contributed by atoms with van der Waals surface area (Å²) < 4.78 is 42.4. The van der Waals surface area contributed by atoms with E-state index in [0.717, 1.165) is 19.3 Å². The van der Waals surface area contributed by atoms with Gasteiger partial charge in [-0.05, 0) is 90.8 Å². The molecular weight excluding hydrogens is 587 g/mol. The highest BCUT2D eigenvalue weighted by Crippen LogP contribution is 2.33. The second-order valence-electron chi connectivity index (χ2n) is 11.1. The van der Waals surface area contributed by atoms with E-state index in [4.69, 9.17) is 11.6 Å². The number of nitrogens with zero attached hydrogens (tertiary/aromatic N) is 2. The standard InChI is InChI=1S/C34H34ClFN2O4S/c1-24-19-30(35)21-32(33(24)39)43(41,42)38(23-28-9-13-31(36)14-10-28)22-27-7-11-29(12-8-27)34(40)37-17-15-26(16-18-37)20-25-5-3-2-4-6-25/h2-14,19,21,26,39H,15-18,20,22-23H2,1H3. The highest BCUT2D eigenvalue weighted by molar-refractivity contribution is 7.89. The van der Waals surface area contributed by atoms with Gasteiger partial charge >= 0.3 is 0 Å². The van der Waals surface area contributed by atoms with Gasteiger partial charge in [0.2, 0.25) is 10.0 Å². The molecule has 1 saturated heterocycles. The molecule has 4 aromatic carbocycles. The zero-order chi connectivity index (χ0) is 30.6. The first-order chi connectivity index (χ1) is 20.6. The number of benzene rings is 4. The maximum atomic E-state index is 13.8. The summed E-state index contributed by atoms with van der Waals surface area (Å²) in [5.41, 5.74) is 3.42. The Bertz CT molecular complexity index is 1670. The first-order valence-electron chi connectivity index (χ1n) is 14.3. The van der Waals surface area contributed by atoms with Gasteiger partial charge in [0.1, 0.15) is 16.5 Å². The highest BCUT2D eigenvalue weighted by Gasteiger charge is 2.30. The van der Waals surface area contributed by atoms with Gasteiger partial charge in [0, 0.05) is 36.8 Å². The van der Waals surface area contributed by atoms with Gasteiger partial charge in [-0.3, -0.25) is 4.79 Å². The number of hydrogen-bond donors (Lipinski definition) is 1. The third-order valence-electron chi connectivity index (χ3n) is 7.95. The summed E-state index contributed by atoms with van der Waals surface area (Å²) in [6.07, 6.45) is 2.91. The quantitative estimate of drug-likeness (QED) is 0.219. The van der Waals surface area contributed by atoms with Crippen molar-refractivity contribution in [2.45, 2.75) is 44.2 Å². The predicted molar refractivity (Wildman–Crippen MR) is 166 cm³/mol. The van der Waals surface area contributed by atoms with Crippen molar-refractivity contribution >= 4 is 27.5 Å². The van der Waals surface area contributed by atoms with Crippen LogP contribution in [0.25, 0.3) is 0 Å². The fourth-order valence-electron chi connectivity index (χ4n) is 5.49. The minimum atomic E-state index is -4.22. The van der Waals surface area contributed by atoms with E-state index in [2.05, 4.69) is 24.3 Å². The Labute approximate surface area is 257 Å². The fraction of sp³-hybridized carbons (Fsp3) is 0.265. The van der Waals surface area contributed by atoms with Crippen molar-refractivity contribution in [2.24, 2.45) is 5.92 Å². The predicted octanol–water partition coefficient (Wildman–Crippen LogP) is 6.98. The maximum Gasteiger partial charge on any atom is 0.253 e. The van der Waals surface area contributed by atoms with Crippen molar-refractivity contribution in [1.82, 2.24) is 9.21 Å². The number of amides is 1. The summed E-state index contributed by atoms with van der Waals surface area (Å²) in [6.45, 7) is 2.87. The topological polar surface area (TPSA) is 77.9 Å². The van der Waals surface area contributed by atoms with E-state index in [-0.39, 0.29) is 34.7 Å². The Morgan fingerprint density at radius 1 is 0.907 bits per heavy atom. The van der Waals surface area contributed by atoms with Crippen LogP contribution in [0, 0.1) is 18.7 Å². The molecule has 224 valence electrons. The van der Waals surface area contributed by atoms with Crippen molar-refractivity contribution in [3.05, 3.63) is 130 Å². The lowest BCUT2D eigenvalue weighted by atomic mass is 9.90. The number of aromatic hydroxyl groups is 1. The number of carbonyl (C=O) groups is 1. The van der Waals surface area contributed by atoms with Crippen LogP contribution in [-0.4, -0.2) is 41.7 Å². The van der Waals surface area contributed by atoms with Gasteiger partial charge in [-0.2, -0.15) is 4.31 Å². The van der Waals surface area contributed by atoms with Gasteiger partial charge in [-0.1, -0.05) is 66.2 Å². The van der Waals surface area contributed by atoms with Crippen LogP contribution in [-0.2, 0) is 29.5 Å². The summed E-state index contributed by atoms with van der Waals surface area (Å²) in [5, 5.41) is 10.8. The number of phenols is 1. The fourth-order valence-corrected chi connectivity index (χ4v) is 7.42. The number of aryl methyl sites for hydroxylation is 1. The second-order valence-corrected chi connectivity index (χ2v) is 13.4. The average molecular weight is 621 g/mol. The molecule has 0 bridgehead atoms. The van der Waals surface area contributed by atoms with Crippen LogP contribution in [0.15, 0.2) is 95.9 Å². The Morgan fingerprint density at radius 3 is 2.09 bits per heavy atom. The van der Waals surface area contributed by atoms with Gasteiger partial charge in [-0.15, -0.1) is 0 Å². The molecule has 5 rings (SSSR count). The minimum Gasteiger partial charge on any atom is -0.506 e. The van der Waals surface area contributed by atoms with Crippen LogP contribution in [0.3, 0.4) is 0 Å². The van der Waals surface area contributed by atoms with Crippen molar-refractivity contribution in [2.75, 3.05) is 13.1 Å². The van der Waals surface area contributed by atoms with Crippen molar-refractivity contribution in [1.29, 1.82) is 0 Å². The molecule has 0 saturated carbocycles. The summed E-state index contributed by atoms with van der Waals surface area (Å²) >= 11 is 6.15. The SMILES string of the molecule is Cc1cc(Cl)cc(S(=O)(=O)N(Cc2ccc(F)cc2)Cc2ccc(C(=O)N3CCC(Cc4ccccc4)CC3)cc2)c1O. The Balaban J connectivity index is 1.30. The summed E-state index contributed by atoms with van der Waals surface area (Å²) in [4.78, 5) is 14.8. The van der Waals surface area contributed by atoms with Crippen molar-refractivity contribution in [3.63, 3.8) is 0 Å². The monoisotopic (exact) mass is 620 g/mol. The minimum absolute atomic E-state index is 0.0376. The van der Waals surface area contributed by atoms with Crippen molar-refractivity contribution in [3.8, 4) is 5.75 Å². The van der Waals surface area contributed by atoms with E-state index in [0.29, 0.717) is 41.3 Å². The molecule has 43 heavy (non-hydrogen) atoms. The van der Waals surface area contributed by atoms with E-state index in [1.54, 1.807) is 31.2 Å². The number of sulfonamides is 1. The molecule has 1 N–H and O–H groups in total. The number of halogens is 2. The van der Waals surface area contributed by atoms with Gasteiger partial charge in [0.15, 0.2) is 0 Å². The Hall–Kier alpha value is -3.72. The van der Waals surface area contributed by atoms with Crippen LogP contribution in [0.5, 0.6) is 5.75 Å². The Morgan fingerprint density at radius 2 is 1.49 bits per heavy atom. The molecular formula is C34H34ClFN2O4S. The number of carbonyl (C=O) groups excluding carboxylic acids is 1. The van der Waals surface area contributed by atoms with Gasteiger partial charge in [-0.25, -0.2) is 12.8 Å². The number of piperidine rings is 1. The normalized spacial score (nSPS) is 14.3. The Kier molecular flexibility index (Phi) is 9.49. The molecule has 1 fully saturated rings.